The van der Waals surface area contributed by atoms with Crippen LogP contribution in [0.3, 0.4) is 0 Å². The maximum absolute atomic E-state index is 10.6. The number of benzene rings is 2. The first-order valence-electron chi connectivity index (χ1n) is 12.8. The monoisotopic (exact) mass is 556 g/mol. The van der Waals surface area contributed by atoms with E-state index in [1.807, 2.05) is 0 Å². The third-order valence-corrected chi connectivity index (χ3v) is 6.75. The summed E-state index contributed by atoms with van der Waals surface area (Å²) in [4.78, 5) is 14.9. The zero-order valence-electron chi connectivity index (χ0n) is 22.4. The fraction of sp³-hybridized carbons (Fsp3) is 0.536. The topological polar surface area (TPSA) is 62.2 Å². The van der Waals surface area contributed by atoms with Gasteiger partial charge in [0.05, 0.1) is 6.61 Å². The molecule has 0 bridgehead atoms. The summed E-state index contributed by atoms with van der Waals surface area (Å²) in [6.07, 6.45) is 3.14. The molecule has 1 unspecified atom stereocenters. The maximum atomic E-state index is 10.6. The summed E-state index contributed by atoms with van der Waals surface area (Å²) in [7, 11) is 4.20. The van der Waals surface area contributed by atoms with E-state index < -0.39 is 12.1 Å². The Balaban J connectivity index is 0.000000638. The van der Waals surface area contributed by atoms with Crippen molar-refractivity contribution >= 4 is 17.7 Å². The molecule has 1 N–H and O–H groups in total. The van der Waals surface area contributed by atoms with Gasteiger partial charge >= 0.3 is 12.1 Å². The lowest BCUT2D eigenvalue weighted by atomic mass is 10.1. The van der Waals surface area contributed by atoms with Crippen LogP contribution in [-0.2, 0) is 4.79 Å². The van der Waals surface area contributed by atoms with E-state index in [1.54, 1.807) is 11.8 Å². The molecular formula is C28H39F3N2O4S. The average molecular weight is 557 g/mol. The Kier molecular flexibility index (Phi) is 13.8. The van der Waals surface area contributed by atoms with E-state index in [9.17, 15) is 13.2 Å². The van der Waals surface area contributed by atoms with E-state index >= 15 is 0 Å². The normalized spacial score (nSPS) is 14.9. The van der Waals surface area contributed by atoms with Crippen LogP contribution < -0.4 is 9.47 Å². The van der Waals surface area contributed by atoms with Crippen LogP contribution in [0.25, 0.3) is 0 Å². The van der Waals surface area contributed by atoms with Crippen LogP contribution in [0.4, 0.5) is 13.2 Å². The number of nitrogens with zero attached hydrogens (tertiary/aromatic N) is 2. The number of likely N-dealkylation sites (tertiary alicyclic amines) is 1. The molecule has 0 radical (unpaired) electrons. The number of carboxylic acids is 1. The first-order valence-corrected chi connectivity index (χ1v) is 14.0. The molecule has 1 heterocycles. The first-order chi connectivity index (χ1) is 18.1. The highest BCUT2D eigenvalue weighted by molar-refractivity contribution is 7.98. The molecule has 1 aliphatic heterocycles. The molecule has 0 saturated carbocycles. The van der Waals surface area contributed by atoms with Crippen LogP contribution >= 0.6 is 11.8 Å². The molecule has 3 rings (SSSR count). The molecule has 212 valence electrons. The number of rotatable bonds is 12. The van der Waals surface area contributed by atoms with Gasteiger partial charge in [-0.1, -0.05) is 18.6 Å². The molecule has 0 aromatic heterocycles. The van der Waals surface area contributed by atoms with Gasteiger partial charge in [0.25, 0.3) is 0 Å². The van der Waals surface area contributed by atoms with Crippen LogP contribution in [0, 0.1) is 0 Å². The van der Waals surface area contributed by atoms with Crippen LogP contribution in [0.1, 0.15) is 43.8 Å². The van der Waals surface area contributed by atoms with Crippen molar-refractivity contribution in [2.75, 3.05) is 53.1 Å². The Morgan fingerprint density at radius 2 is 1.61 bits per heavy atom. The minimum Gasteiger partial charge on any atom is -0.494 e. The number of hydrogen-bond donors (Lipinski definition) is 1. The van der Waals surface area contributed by atoms with Crippen molar-refractivity contribution in [1.82, 2.24) is 9.80 Å². The molecule has 1 aliphatic rings. The smallest absolute Gasteiger partial charge is 0.490 e. The number of piperidine rings is 1. The number of carbonyl (C=O) groups is 1. The Morgan fingerprint density at radius 3 is 2.13 bits per heavy atom. The van der Waals surface area contributed by atoms with E-state index in [-0.39, 0.29) is 6.10 Å². The van der Waals surface area contributed by atoms with E-state index in [4.69, 9.17) is 19.4 Å². The predicted molar refractivity (Wildman–Crippen MR) is 145 cm³/mol. The number of ether oxygens (including phenoxy) is 2. The summed E-state index contributed by atoms with van der Waals surface area (Å²) in [6.45, 7) is 5.40. The summed E-state index contributed by atoms with van der Waals surface area (Å²) >= 11 is 1.75. The molecule has 0 aliphatic carbocycles. The fourth-order valence-corrected chi connectivity index (χ4v) is 4.34. The molecule has 38 heavy (non-hydrogen) atoms. The number of hydrogen-bond acceptors (Lipinski definition) is 6. The summed E-state index contributed by atoms with van der Waals surface area (Å²) in [5.41, 5.74) is 1.19. The van der Waals surface area contributed by atoms with Crippen molar-refractivity contribution in [3.05, 3.63) is 54.1 Å². The van der Waals surface area contributed by atoms with Crippen molar-refractivity contribution in [1.29, 1.82) is 0 Å². The van der Waals surface area contributed by atoms with E-state index in [1.165, 1.54) is 42.8 Å². The lowest BCUT2D eigenvalue weighted by molar-refractivity contribution is -0.192. The maximum Gasteiger partial charge on any atom is 0.490 e. The molecule has 0 spiro atoms. The largest absolute Gasteiger partial charge is 0.494 e. The molecule has 1 atom stereocenters. The Bertz CT molecular complexity index is 935. The average Bonchev–Trinajstić information content (AvgIpc) is 2.90. The Labute approximate surface area is 228 Å². The number of thioether (sulfide) groups is 1. The lowest BCUT2D eigenvalue weighted by Crippen LogP contribution is -2.31. The molecule has 0 amide bonds. The SMILES string of the molecule is CSc1ccc(OC(CCN(C)C)c2ccc(OCCCN3CCCCC3)cc2)cc1.O=C(O)C(F)(F)F. The standard InChI is InChI=1S/C26H38N2O2S.C2HF3O2/c1-27(2)20-16-26(30-24-12-14-25(31-3)15-13-24)22-8-10-23(11-9-22)29-21-7-19-28-17-5-4-6-18-28;3-2(4,5)1(6)7/h8-15,26H,4-7,16-21H2,1-3H3;(H,6,7). The van der Waals surface area contributed by atoms with Crippen molar-refractivity contribution in [3.63, 3.8) is 0 Å². The van der Waals surface area contributed by atoms with Crippen molar-refractivity contribution in [2.45, 2.75) is 49.3 Å². The van der Waals surface area contributed by atoms with E-state index in [0.717, 1.165) is 44.0 Å². The number of aliphatic carboxylic acids is 1. The van der Waals surface area contributed by atoms with Crippen molar-refractivity contribution < 1.29 is 32.5 Å². The van der Waals surface area contributed by atoms with Gasteiger partial charge in [0.1, 0.15) is 17.6 Å². The highest BCUT2D eigenvalue weighted by Crippen LogP contribution is 2.28. The highest BCUT2D eigenvalue weighted by Gasteiger charge is 2.38. The van der Waals surface area contributed by atoms with Gasteiger partial charge in [0.15, 0.2) is 0 Å². The molecule has 1 fully saturated rings. The van der Waals surface area contributed by atoms with Crippen LogP contribution in [0.5, 0.6) is 11.5 Å². The van der Waals surface area contributed by atoms with Gasteiger partial charge in [0.2, 0.25) is 0 Å². The second kappa shape index (κ2) is 16.5. The third kappa shape index (κ3) is 12.4. The quantitative estimate of drug-likeness (QED) is 0.241. The van der Waals surface area contributed by atoms with E-state index in [0.29, 0.717) is 0 Å². The molecule has 10 heteroatoms. The molecule has 1 saturated heterocycles. The zero-order valence-corrected chi connectivity index (χ0v) is 23.2. The van der Waals surface area contributed by atoms with Gasteiger partial charge in [-0.05, 0) is 94.7 Å². The predicted octanol–water partition coefficient (Wildman–Crippen LogP) is 6.37. The molecule has 2 aromatic carbocycles. The van der Waals surface area contributed by atoms with Crippen LogP contribution in [0.15, 0.2) is 53.4 Å². The van der Waals surface area contributed by atoms with Crippen LogP contribution in [-0.4, -0.2) is 80.2 Å². The van der Waals surface area contributed by atoms with Crippen molar-refractivity contribution in [2.24, 2.45) is 0 Å². The zero-order chi connectivity index (χ0) is 28.0. The Hall–Kier alpha value is -2.43. The van der Waals surface area contributed by atoms with Gasteiger partial charge in [-0.15, -0.1) is 11.8 Å². The third-order valence-electron chi connectivity index (χ3n) is 6.01. The number of carboxylic acid groups (broad SMARTS) is 1. The minimum absolute atomic E-state index is 0.0238. The second-order valence-electron chi connectivity index (χ2n) is 9.35. The molecule has 6 nitrogen and oxygen atoms in total. The summed E-state index contributed by atoms with van der Waals surface area (Å²) in [6, 6.07) is 16.8. The number of halogens is 3. The molecule has 2 aromatic rings. The van der Waals surface area contributed by atoms with Gasteiger partial charge in [0, 0.05) is 24.4 Å². The van der Waals surface area contributed by atoms with Gasteiger partial charge in [-0.2, -0.15) is 13.2 Å². The van der Waals surface area contributed by atoms with Crippen molar-refractivity contribution in [3.8, 4) is 11.5 Å². The summed E-state index contributed by atoms with van der Waals surface area (Å²) in [5.74, 6) is -0.898. The molecular weight excluding hydrogens is 517 g/mol. The van der Waals surface area contributed by atoms with E-state index in [2.05, 4.69) is 78.7 Å². The fourth-order valence-electron chi connectivity index (χ4n) is 3.93. The second-order valence-corrected chi connectivity index (χ2v) is 10.2. The summed E-state index contributed by atoms with van der Waals surface area (Å²) in [5, 5.41) is 7.12. The number of alkyl halides is 3. The van der Waals surface area contributed by atoms with Gasteiger partial charge in [-0.25, -0.2) is 4.79 Å². The van der Waals surface area contributed by atoms with Gasteiger partial charge < -0.3 is 24.4 Å². The Morgan fingerprint density at radius 1 is 1.03 bits per heavy atom. The van der Waals surface area contributed by atoms with Crippen LogP contribution in [0.2, 0.25) is 0 Å². The van der Waals surface area contributed by atoms with Gasteiger partial charge in [-0.3, -0.25) is 0 Å². The first kappa shape index (κ1) is 31.8. The lowest BCUT2D eigenvalue weighted by Gasteiger charge is -2.26. The highest BCUT2D eigenvalue weighted by atomic mass is 32.2. The summed E-state index contributed by atoms with van der Waals surface area (Å²) < 4.78 is 44.1. The minimum atomic E-state index is -5.08.